The van der Waals surface area contributed by atoms with Gasteiger partial charge in [-0.25, -0.2) is 0 Å². The largest absolute Gasteiger partial charge is 0.273 e. The van der Waals surface area contributed by atoms with Crippen LogP contribution in [0.2, 0.25) is 0 Å². The Morgan fingerprint density at radius 1 is 0.591 bits per heavy atom. The van der Waals surface area contributed by atoms with Gasteiger partial charge in [-0.1, -0.05) is 54.6 Å². The van der Waals surface area contributed by atoms with Gasteiger partial charge in [0, 0.05) is 16.9 Å². The summed E-state index contributed by atoms with van der Waals surface area (Å²) in [5, 5.41) is 0. The number of nitrogens with zero attached hydrogens (tertiary/aromatic N) is 1. The first-order valence-electron chi connectivity index (χ1n) is 7.35. The highest BCUT2D eigenvalue weighted by molar-refractivity contribution is 6.22. The molecule has 3 aromatic carbocycles. The van der Waals surface area contributed by atoms with Gasteiger partial charge in [-0.05, 0) is 23.3 Å². The van der Waals surface area contributed by atoms with E-state index in [2.05, 4.69) is 60.7 Å². The third-order valence-electron chi connectivity index (χ3n) is 4.03. The topological polar surface area (TPSA) is 12.2 Å². The molecule has 0 aliphatic heterocycles. The van der Waals surface area contributed by atoms with Crippen molar-refractivity contribution in [1.29, 1.82) is 0 Å². The van der Waals surface area contributed by atoms with E-state index < -0.39 is 0 Å². The first-order valence-corrected chi connectivity index (χ1v) is 7.35. The van der Waals surface area contributed by atoms with E-state index in [4.69, 9.17) is 4.84 Å². The van der Waals surface area contributed by atoms with E-state index in [0.29, 0.717) is 0 Å². The van der Waals surface area contributed by atoms with Crippen LogP contribution in [-0.2, 0) is 4.84 Å². The molecule has 3 aromatic rings. The first kappa shape index (κ1) is 12.8. The van der Waals surface area contributed by atoms with Gasteiger partial charge >= 0.3 is 0 Å². The Labute approximate surface area is 129 Å². The van der Waals surface area contributed by atoms with Crippen LogP contribution in [0.5, 0.6) is 0 Å². The number of hydrogen-bond acceptors (Lipinski definition) is 1. The maximum atomic E-state index is 5.73. The highest BCUT2D eigenvalue weighted by Gasteiger charge is 2.34. The average molecular weight is 286 g/mol. The molecule has 0 amide bonds. The van der Waals surface area contributed by atoms with Gasteiger partial charge in [-0.15, -0.1) is 0 Å². The second kappa shape index (κ2) is 5.15. The van der Waals surface area contributed by atoms with Crippen LogP contribution in [0.15, 0.2) is 78.9 Å². The van der Waals surface area contributed by atoms with Crippen LogP contribution in [0.25, 0.3) is 11.1 Å². The van der Waals surface area contributed by atoms with E-state index in [0.717, 1.165) is 11.4 Å². The summed E-state index contributed by atoms with van der Waals surface area (Å²) in [7, 11) is 1.71. The molecule has 2 heteroatoms. The highest BCUT2D eigenvalue weighted by Crippen LogP contribution is 2.37. The van der Waals surface area contributed by atoms with Gasteiger partial charge in [0.1, 0.15) is 7.11 Å². The lowest BCUT2D eigenvalue weighted by Gasteiger charge is -2.03. The molecule has 0 saturated carbocycles. The molecule has 4 rings (SSSR count). The van der Waals surface area contributed by atoms with Gasteiger partial charge in [-0.3, -0.25) is 4.84 Å². The summed E-state index contributed by atoms with van der Waals surface area (Å²) >= 11 is 0. The standard InChI is InChI=1S/C20H16NO/c1-22-21(15-9-3-2-4-10-15)20-18-13-7-5-11-16(18)17-12-6-8-14-19(17)20/h2-14H,1H3/q+1. The molecule has 0 radical (unpaired) electrons. The Hall–Kier alpha value is -2.87. The van der Waals surface area contributed by atoms with Crippen LogP contribution in [0.4, 0.5) is 5.69 Å². The van der Waals surface area contributed by atoms with E-state index in [-0.39, 0.29) is 0 Å². The molecule has 0 unspecified atom stereocenters. The second-order valence-electron chi connectivity index (χ2n) is 5.25. The van der Waals surface area contributed by atoms with Crippen LogP contribution in [0.3, 0.4) is 0 Å². The third-order valence-corrected chi connectivity index (χ3v) is 4.03. The Balaban J connectivity index is 2.08. The number of para-hydroxylation sites is 1. The molecule has 0 saturated heterocycles. The van der Waals surface area contributed by atoms with Gasteiger partial charge in [-0.2, -0.15) is 0 Å². The predicted molar refractivity (Wildman–Crippen MR) is 88.5 cm³/mol. The SMILES string of the molecule is CO[N+](=C1c2ccccc2-c2ccccc21)c1ccccc1. The van der Waals surface area contributed by atoms with Crippen molar-refractivity contribution >= 4 is 11.4 Å². The van der Waals surface area contributed by atoms with Crippen molar-refractivity contribution in [2.24, 2.45) is 0 Å². The minimum Gasteiger partial charge on any atom is -0.273 e. The summed E-state index contributed by atoms with van der Waals surface area (Å²) < 4.78 is 1.91. The number of rotatable bonds is 2. The number of fused-ring (bicyclic) bond motifs is 3. The molecule has 0 bridgehead atoms. The Morgan fingerprint density at radius 2 is 1.05 bits per heavy atom. The van der Waals surface area contributed by atoms with Gasteiger partial charge in [0.05, 0.1) is 11.1 Å². The van der Waals surface area contributed by atoms with Crippen molar-refractivity contribution < 1.29 is 9.58 Å². The van der Waals surface area contributed by atoms with E-state index in [1.54, 1.807) is 7.11 Å². The molecular weight excluding hydrogens is 270 g/mol. The molecule has 22 heavy (non-hydrogen) atoms. The predicted octanol–water partition coefficient (Wildman–Crippen LogP) is 4.41. The molecule has 0 atom stereocenters. The van der Waals surface area contributed by atoms with Gasteiger partial charge in [0.2, 0.25) is 0 Å². The van der Waals surface area contributed by atoms with Crippen molar-refractivity contribution in [2.45, 2.75) is 0 Å². The lowest BCUT2D eigenvalue weighted by Crippen LogP contribution is -2.16. The van der Waals surface area contributed by atoms with Gasteiger partial charge in [0.15, 0.2) is 0 Å². The summed E-state index contributed by atoms with van der Waals surface area (Å²) in [5.41, 5.74) is 7.03. The fourth-order valence-corrected chi connectivity index (χ4v) is 3.10. The first-order chi connectivity index (χ1) is 10.9. The minimum absolute atomic E-state index is 1.02. The summed E-state index contributed by atoms with van der Waals surface area (Å²) in [4.78, 5) is 5.73. The average Bonchev–Trinajstić information content (AvgIpc) is 2.92. The van der Waals surface area contributed by atoms with E-state index >= 15 is 0 Å². The monoisotopic (exact) mass is 286 g/mol. The summed E-state index contributed by atoms with van der Waals surface area (Å²) in [6.07, 6.45) is 0. The molecule has 0 aromatic heterocycles. The molecule has 2 nitrogen and oxygen atoms in total. The fraction of sp³-hybridized carbons (Fsp3) is 0.0500. The maximum Gasteiger partial charge on any atom is 0.273 e. The van der Waals surface area contributed by atoms with Crippen molar-refractivity contribution in [2.75, 3.05) is 7.11 Å². The van der Waals surface area contributed by atoms with Crippen LogP contribution >= 0.6 is 0 Å². The van der Waals surface area contributed by atoms with E-state index in [1.165, 1.54) is 22.3 Å². The lowest BCUT2D eigenvalue weighted by molar-refractivity contribution is -0.719. The van der Waals surface area contributed by atoms with Crippen LogP contribution < -0.4 is 0 Å². The van der Waals surface area contributed by atoms with E-state index in [9.17, 15) is 0 Å². The van der Waals surface area contributed by atoms with Gasteiger partial charge in [0.25, 0.3) is 11.4 Å². The van der Waals surface area contributed by atoms with Crippen LogP contribution in [0, 0.1) is 0 Å². The zero-order valence-electron chi connectivity index (χ0n) is 12.4. The van der Waals surface area contributed by atoms with E-state index in [1.807, 2.05) is 22.9 Å². The molecule has 0 heterocycles. The minimum atomic E-state index is 1.02. The zero-order valence-corrected chi connectivity index (χ0v) is 12.4. The number of benzene rings is 3. The molecule has 1 aliphatic carbocycles. The van der Waals surface area contributed by atoms with Crippen molar-refractivity contribution in [3.63, 3.8) is 0 Å². The highest BCUT2D eigenvalue weighted by atomic mass is 16.7. The third kappa shape index (κ3) is 1.85. The van der Waals surface area contributed by atoms with Gasteiger partial charge < -0.3 is 0 Å². The van der Waals surface area contributed by atoms with Crippen molar-refractivity contribution in [3.8, 4) is 11.1 Å². The fourth-order valence-electron chi connectivity index (χ4n) is 3.10. The Bertz CT molecular complexity index is 818. The molecule has 106 valence electrons. The lowest BCUT2D eigenvalue weighted by atomic mass is 10.1. The molecule has 0 spiro atoms. The smallest absolute Gasteiger partial charge is 0.273 e. The number of hydrogen-bond donors (Lipinski definition) is 0. The van der Waals surface area contributed by atoms with Crippen molar-refractivity contribution in [1.82, 2.24) is 0 Å². The summed E-state index contributed by atoms with van der Waals surface area (Å²) in [6.45, 7) is 0. The normalized spacial score (nSPS) is 11.8. The molecule has 0 fully saturated rings. The zero-order chi connectivity index (χ0) is 14.9. The maximum absolute atomic E-state index is 5.73. The Kier molecular flexibility index (Phi) is 3.01. The summed E-state index contributed by atoms with van der Waals surface area (Å²) in [5.74, 6) is 0. The Morgan fingerprint density at radius 3 is 1.55 bits per heavy atom. The second-order valence-corrected chi connectivity index (χ2v) is 5.25. The molecule has 1 aliphatic rings. The molecular formula is C20H16NO+. The van der Waals surface area contributed by atoms with Crippen LogP contribution in [0.1, 0.15) is 11.1 Å². The van der Waals surface area contributed by atoms with Crippen LogP contribution in [-0.4, -0.2) is 17.6 Å². The summed E-state index contributed by atoms with van der Waals surface area (Å²) in [6, 6.07) is 27.1. The molecule has 0 N–H and O–H groups in total. The van der Waals surface area contributed by atoms with Crippen molar-refractivity contribution in [3.05, 3.63) is 90.0 Å². The quantitative estimate of drug-likeness (QED) is 0.393.